The lowest BCUT2D eigenvalue weighted by molar-refractivity contribution is 0.107. The number of aliphatic hydroxyl groups is 1. The molecule has 29 heavy (non-hydrogen) atoms. The van der Waals surface area contributed by atoms with Crippen molar-refractivity contribution < 1.29 is 18.3 Å². The maximum Gasteiger partial charge on any atom is 0.199 e. The van der Waals surface area contributed by atoms with Crippen molar-refractivity contribution in [2.45, 2.75) is 24.3 Å². The van der Waals surface area contributed by atoms with E-state index < -0.39 is 15.9 Å². The van der Waals surface area contributed by atoms with Gasteiger partial charge in [0.05, 0.1) is 11.0 Å². The van der Waals surface area contributed by atoms with Gasteiger partial charge in [-0.05, 0) is 54.0 Å². The number of sulfone groups is 1. The molecule has 150 valence electrons. The van der Waals surface area contributed by atoms with Crippen LogP contribution in [0.5, 0.6) is 5.75 Å². The van der Waals surface area contributed by atoms with Crippen molar-refractivity contribution in [3.05, 3.63) is 101 Å². The van der Waals surface area contributed by atoms with Crippen molar-refractivity contribution in [2.75, 3.05) is 6.61 Å². The van der Waals surface area contributed by atoms with E-state index in [2.05, 4.69) is 0 Å². The molecular formula is C24H24O4S. The summed E-state index contributed by atoms with van der Waals surface area (Å²) in [7, 11) is -3.53. The van der Waals surface area contributed by atoms with Gasteiger partial charge in [0.25, 0.3) is 0 Å². The van der Waals surface area contributed by atoms with Crippen LogP contribution in [0.25, 0.3) is 6.08 Å². The zero-order valence-corrected chi connectivity index (χ0v) is 17.0. The standard InChI is InChI=1S/C24H24O4S/c1-19-9-8-10-20(17-21(25)18-28-22-11-4-2-5-12-22)24(19)15-16-29(26,27)23-13-6-3-7-14-23/h2-16,21,25H,17-18H2,1H3/b16-15+. The van der Waals surface area contributed by atoms with Crippen molar-refractivity contribution in [3.63, 3.8) is 0 Å². The normalized spacial score (nSPS) is 12.8. The molecule has 0 aliphatic carbocycles. The minimum Gasteiger partial charge on any atom is -0.491 e. The summed E-state index contributed by atoms with van der Waals surface area (Å²) in [5.41, 5.74) is 2.61. The van der Waals surface area contributed by atoms with Crippen molar-refractivity contribution in [3.8, 4) is 5.75 Å². The monoisotopic (exact) mass is 408 g/mol. The Morgan fingerprint density at radius 2 is 1.59 bits per heavy atom. The largest absolute Gasteiger partial charge is 0.491 e. The van der Waals surface area contributed by atoms with Crippen LogP contribution in [0.3, 0.4) is 0 Å². The highest BCUT2D eigenvalue weighted by Crippen LogP contribution is 2.21. The van der Waals surface area contributed by atoms with Gasteiger partial charge in [0.2, 0.25) is 0 Å². The molecule has 0 spiro atoms. The summed E-state index contributed by atoms with van der Waals surface area (Å²) >= 11 is 0. The van der Waals surface area contributed by atoms with Crippen LogP contribution in [0.2, 0.25) is 0 Å². The van der Waals surface area contributed by atoms with Crippen LogP contribution in [-0.4, -0.2) is 26.2 Å². The third-order valence-corrected chi connectivity index (χ3v) is 5.96. The van der Waals surface area contributed by atoms with Gasteiger partial charge in [-0.3, -0.25) is 0 Å². The summed E-state index contributed by atoms with van der Waals surface area (Å²) in [6, 6.07) is 23.4. The summed E-state index contributed by atoms with van der Waals surface area (Å²) in [4.78, 5) is 0.252. The number of rotatable bonds is 8. The van der Waals surface area contributed by atoms with Crippen molar-refractivity contribution >= 4 is 15.9 Å². The SMILES string of the molecule is Cc1cccc(CC(O)COc2ccccc2)c1/C=C/S(=O)(=O)c1ccccc1. The Kier molecular flexibility index (Phi) is 6.86. The van der Waals surface area contributed by atoms with Crippen LogP contribution < -0.4 is 4.74 Å². The van der Waals surface area contributed by atoms with E-state index in [1.165, 1.54) is 5.41 Å². The summed E-state index contributed by atoms with van der Waals surface area (Å²) in [5.74, 6) is 0.699. The Labute approximate surface area is 172 Å². The van der Waals surface area contributed by atoms with E-state index in [1.54, 1.807) is 36.4 Å². The van der Waals surface area contributed by atoms with Gasteiger partial charge in [0.1, 0.15) is 12.4 Å². The molecule has 0 amide bonds. The number of aliphatic hydroxyl groups excluding tert-OH is 1. The van der Waals surface area contributed by atoms with E-state index in [0.717, 1.165) is 16.7 Å². The lowest BCUT2D eigenvalue weighted by Crippen LogP contribution is -2.20. The fourth-order valence-corrected chi connectivity index (χ4v) is 4.04. The second-order valence-electron chi connectivity index (χ2n) is 6.79. The van der Waals surface area contributed by atoms with Gasteiger partial charge in [-0.2, -0.15) is 0 Å². The zero-order valence-electron chi connectivity index (χ0n) is 16.2. The van der Waals surface area contributed by atoms with Crippen molar-refractivity contribution in [1.82, 2.24) is 0 Å². The van der Waals surface area contributed by atoms with E-state index >= 15 is 0 Å². The number of benzene rings is 3. The first-order valence-electron chi connectivity index (χ1n) is 9.38. The highest BCUT2D eigenvalue weighted by Gasteiger charge is 2.13. The number of para-hydroxylation sites is 1. The van der Waals surface area contributed by atoms with E-state index in [4.69, 9.17) is 4.74 Å². The summed E-state index contributed by atoms with van der Waals surface area (Å²) in [5, 5.41) is 11.6. The molecule has 3 aromatic rings. The van der Waals surface area contributed by atoms with E-state index in [1.807, 2.05) is 55.5 Å². The first-order valence-corrected chi connectivity index (χ1v) is 10.9. The average Bonchev–Trinajstić information content (AvgIpc) is 2.73. The Morgan fingerprint density at radius 3 is 2.28 bits per heavy atom. The summed E-state index contributed by atoms with van der Waals surface area (Å²) < 4.78 is 30.7. The Morgan fingerprint density at radius 1 is 0.931 bits per heavy atom. The Balaban J connectivity index is 1.75. The first-order chi connectivity index (χ1) is 14.0. The molecule has 0 aliphatic rings. The van der Waals surface area contributed by atoms with Crippen LogP contribution >= 0.6 is 0 Å². The predicted octanol–water partition coefficient (Wildman–Crippen LogP) is 4.42. The van der Waals surface area contributed by atoms with E-state index in [-0.39, 0.29) is 11.5 Å². The lowest BCUT2D eigenvalue weighted by Gasteiger charge is -2.15. The van der Waals surface area contributed by atoms with Gasteiger partial charge in [-0.1, -0.05) is 54.6 Å². The van der Waals surface area contributed by atoms with Gasteiger partial charge in [-0.25, -0.2) is 8.42 Å². The van der Waals surface area contributed by atoms with Crippen LogP contribution in [-0.2, 0) is 16.3 Å². The maximum atomic E-state index is 12.6. The fourth-order valence-electron chi connectivity index (χ4n) is 3.03. The highest BCUT2D eigenvalue weighted by atomic mass is 32.2. The van der Waals surface area contributed by atoms with Crippen LogP contribution in [0.15, 0.2) is 89.2 Å². The second-order valence-corrected chi connectivity index (χ2v) is 8.62. The highest BCUT2D eigenvalue weighted by molar-refractivity contribution is 7.94. The number of hydrogen-bond donors (Lipinski definition) is 1. The molecule has 0 heterocycles. The molecule has 3 rings (SSSR count). The number of aryl methyl sites for hydroxylation is 1. The Bertz CT molecular complexity index is 1060. The van der Waals surface area contributed by atoms with E-state index in [9.17, 15) is 13.5 Å². The predicted molar refractivity (Wildman–Crippen MR) is 115 cm³/mol. The maximum absolute atomic E-state index is 12.6. The minimum absolute atomic E-state index is 0.156. The molecule has 0 bridgehead atoms. The topological polar surface area (TPSA) is 63.6 Å². The van der Waals surface area contributed by atoms with Gasteiger partial charge >= 0.3 is 0 Å². The average molecular weight is 409 g/mol. The van der Waals surface area contributed by atoms with Crippen LogP contribution in [0, 0.1) is 6.92 Å². The third-order valence-electron chi connectivity index (χ3n) is 4.54. The molecule has 0 aromatic heterocycles. The molecule has 1 atom stereocenters. The molecule has 5 heteroatoms. The quantitative estimate of drug-likeness (QED) is 0.599. The molecular weight excluding hydrogens is 384 g/mol. The number of hydrogen-bond acceptors (Lipinski definition) is 4. The summed E-state index contributed by atoms with van der Waals surface area (Å²) in [6.45, 7) is 2.08. The van der Waals surface area contributed by atoms with Crippen molar-refractivity contribution in [2.24, 2.45) is 0 Å². The molecule has 1 unspecified atom stereocenters. The number of ether oxygens (including phenoxy) is 1. The Hall–Kier alpha value is -2.89. The molecule has 0 fully saturated rings. The van der Waals surface area contributed by atoms with Crippen LogP contribution in [0.4, 0.5) is 0 Å². The molecule has 0 radical (unpaired) electrons. The van der Waals surface area contributed by atoms with Crippen molar-refractivity contribution in [1.29, 1.82) is 0 Å². The second kappa shape index (κ2) is 9.54. The third kappa shape index (κ3) is 5.79. The molecule has 0 saturated carbocycles. The fraction of sp³-hybridized carbons (Fsp3) is 0.167. The molecule has 3 aromatic carbocycles. The molecule has 1 N–H and O–H groups in total. The molecule has 0 aliphatic heterocycles. The molecule has 4 nitrogen and oxygen atoms in total. The lowest BCUT2D eigenvalue weighted by atomic mass is 9.97. The summed E-state index contributed by atoms with van der Waals surface area (Å²) in [6.07, 6.45) is 1.26. The van der Waals surface area contributed by atoms with Crippen LogP contribution in [0.1, 0.15) is 16.7 Å². The van der Waals surface area contributed by atoms with Gasteiger partial charge in [-0.15, -0.1) is 0 Å². The van der Waals surface area contributed by atoms with Gasteiger partial charge < -0.3 is 9.84 Å². The first kappa shape index (κ1) is 20.8. The minimum atomic E-state index is -3.53. The van der Waals surface area contributed by atoms with E-state index in [0.29, 0.717) is 12.2 Å². The van der Waals surface area contributed by atoms with Gasteiger partial charge in [0, 0.05) is 11.8 Å². The molecule has 0 saturated heterocycles. The van der Waals surface area contributed by atoms with Gasteiger partial charge in [0.15, 0.2) is 9.84 Å². The zero-order chi connectivity index (χ0) is 20.7. The smallest absolute Gasteiger partial charge is 0.199 e.